The Labute approximate surface area is 105 Å². The maximum absolute atomic E-state index is 9.27. The fourth-order valence-corrected chi connectivity index (χ4v) is 2.38. The van der Waals surface area contributed by atoms with Gasteiger partial charge in [0.2, 0.25) is 5.89 Å². The zero-order valence-corrected chi connectivity index (χ0v) is 10.1. The van der Waals surface area contributed by atoms with Gasteiger partial charge in [0.25, 0.3) is 0 Å². The Bertz CT molecular complexity index is 545. The van der Waals surface area contributed by atoms with E-state index in [0.717, 1.165) is 36.3 Å². The average Bonchev–Trinajstić information content (AvgIpc) is 2.82. The molecule has 1 atom stereocenters. The van der Waals surface area contributed by atoms with Gasteiger partial charge in [0.15, 0.2) is 0 Å². The minimum atomic E-state index is 0.248. The lowest BCUT2D eigenvalue weighted by Crippen LogP contribution is -2.21. The monoisotopic (exact) mass is 244 g/mol. The van der Waals surface area contributed by atoms with Crippen LogP contribution in [0.15, 0.2) is 28.7 Å². The first-order chi connectivity index (χ1) is 8.76. The van der Waals surface area contributed by atoms with Crippen LogP contribution < -0.4 is 5.73 Å². The van der Waals surface area contributed by atoms with Crippen molar-refractivity contribution in [3.63, 3.8) is 0 Å². The lowest BCUT2D eigenvalue weighted by molar-refractivity contribution is 0.413. The number of aromatic nitrogens is 1. The zero-order chi connectivity index (χ0) is 12.5. The van der Waals surface area contributed by atoms with E-state index in [1.165, 1.54) is 0 Å². The molecule has 3 rings (SSSR count). The van der Waals surface area contributed by atoms with Crippen molar-refractivity contribution in [2.45, 2.75) is 19.3 Å². The van der Waals surface area contributed by atoms with Crippen molar-refractivity contribution in [1.29, 1.82) is 0 Å². The molecule has 0 fully saturated rings. The second kappa shape index (κ2) is 4.46. The van der Waals surface area contributed by atoms with Gasteiger partial charge in [-0.05, 0) is 49.6 Å². The maximum Gasteiger partial charge on any atom is 0.226 e. The van der Waals surface area contributed by atoms with Crippen molar-refractivity contribution in [2.75, 3.05) is 6.54 Å². The summed E-state index contributed by atoms with van der Waals surface area (Å²) < 4.78 is 5.79. The first-order valence-electron chi connectivity index (χ1n) is 6.24. The molecule has 4 nitrogen and oxygen atoms in total. The van der Waals surface area contributed by atoms with Gasteiger partial charge in [-0.25, -0.2) is 4.98 Å². The summed E-state index contributed by atoms with van der Waals surface area (Å²) in [6, 6.07) is 6.91. The third-order valence-electron chi connectivity index (χ3n) is 3.49. The van der Waals surface area contributed by atoms with Gasteiger partial charge in [-0.3, -0.25) is 0 Å². The van der Waals surface area contributed by atoms with E-state index in [0.29, 0.717) is 18.4 Å². The van der Waals surface area contributed by atoms with E-state index in [1.807, 2.05) is 12.1 Å². The van der Waals surface area contributed by atoms with Crippen LogP contribution in [0.3, 0.4) is 0 Å². The summed E-state index contributed by atoms with van der Waals surface area (Å²) in [5.41, 5.74) is 7.65. The zero-order valence-electron chi connectivity index (χ0n) is 10.1. The third-order valence-corrected chi connectivity index (χ3v) is 3.49. The SMILES string of the molecule is NCC1CCc2oc(-c3ccc(O)cc3)nc2C1. The molecule has 1 aliphatic carbocycles. The van der Waals surface area contributed by atoms with Gasteiger partial charge in [-0.1, -0.05) is 0 Å². The number of aromatic hydroxyl groups is 1. The molecule has 0 saturated carbocycles. The predicted molar refractivity (Wildman–Crippen MR) is 68.2 cm³/mol. The Morgan fingerprint density at radius 1 is 1.33 bits per heavy atom. The molecular weight excluding hydrogens is 228 g/mol. The molecule has 1 heterocycles. The number of benzene rings is 1. The normalized spacial score (nSPS) is 18.6. The standard InChI is InChI=1S/C14H16N2O2/c15-8-9-1-6-13-12(7-9)16-14(18-13)10-2-4-11(17)5-3-10/h2-5,9,17H,1,6-8,15H2. The van der Waals surface area contributed by atoms with E-state index in [9.17, 15) is 5.11 Å². The quantitative estimate of drug-likeness (QED) is 0.848. The van der Waals surface area contributed by atoms with Gasteiger partial charge in [-0.15, -0.1) is 0 Å². The van der Waals surface area contributed by atoms with Crippen LogP contribution in [0.5, 0.6) is 5.75 Å². The number of fused-ring (bicyclic) bond motifs is 1. The highest BCUT2D eigenvalue weighted by atomic mass is 16.4. The maximum atomic E-state index is 9.27. The summed E-state index contributed by atoms with van der Waals surface area (Å²) in [6.07, 6.45) is 2.91. The van der Waals surface area contributed by atoms with Gasteiger partial charge >= 0.3 is 0 Å². The Hall–Kier alpha value is -1.81. The van der Waals surface area contributed by atoms with Crippen LogP contribution >= 0.6 is 0 Å². The molecule has 3 N–H and O–H groups in total. The molecule has 18 heavy (non-hydrogen) atoms. The van der Waals surface area contributed by atoms with Gasteiger partial charge in [0, 0.05) is 12.0 Å². The number of nitrogens with two attached hydrogens (primary N) is 1. The van der Waals surface area contributed by atoms with Crippen molar-refractivity contribution >= 4 is 0 Å². The van der Waals surface area contributed by atoms with Gasteiger partial charge in [-0.2, -0.15) is 0 Å². The summed E-state index contributed by atoms with van der Waals surface area (Å²) in [7, 11) is 0. The van der Waals surface area contributed by atoms with E-state index < -0.39 is 0 Å². The Balaban J connectivity index is 1.91. The van der Waals surface area contributed by atoms with Gasteiger partial charge < -0.3 is 15.3 Å². The summed E-state index contributed by atoms with van der Waals surface area (Å²) in [5, 5.41) is 9.27. The van der Waals surface area contributed by atoms with Crippen LogP contribution in [0.1, 0.15) is 17.9 Å². The van der Waals surface area contributed by atoms with Crippen molar-refractivity contribution < 1.29 is 9.52 Å². The van der Waals surface area contributed by atoms with E-state index >= 15 is 0 Å². The molecule has 1 unspecified atom stereocenters. The molecule has 0 saturated heterocycles. The summed E-state index contributed by atoms with van der Waals surface area (Å²) >= 11 is 0. The molecule has 4 heteroatoms. The van der Waals surface area contributed by atoms with Gasteiger partial charge in [0.1, 0.15) is 11.5 Å². The van der Waals surface area contributed by atoms with Crippen LogP contribution in [0.2, 0.25) is 0 Å². The van der Waals surface area contributed by atoms with E-state index in [4.69, 9.17) is 10.2 Å². The van der Waals surface area contributed by atoms with Crippen LogP contribution in [-0.4, -0.2) is 16.6 Å². The van der Waals surface area contributed by atoms with Crippen LogP contribution in [0, 0.1) is 5.92 Å². The highest BCUT2D eigenvalue weighted by Crippen LogP contribution is 2.30. The Morgan fingerprint density at radius 2 is 2.11 bits per heavy atom. The molecular formula is C14H16N2O2. The molecule has 0 radical (unpaired) electrons. The molecule has 2 aromatic rings. The first kappa shape index (κ1) is 11.3. The molecule has 0 spiro atoms. The molecule has 0 amide bonds. The van der Waals surface area contributed by atoms with E-state index in [2.05, 4.69) is 4.98 Å². The first-order valence-corrected chi connectivity index (χ1v) is 6.24. The third kappa shape index (κ3) is 1.99. The number of phenolic OH excluding ortho intramolecular Hbond substituents is 1. The number of rotatable bonds is 2. The fourth-order valence-electron chi connectivity index (χ4n) is 2.38. The number of aryl methyl sites for hydroxylation is 1. The van der Waals surface area contributed by atoms with Crippen molar-refractivity contribution in [3.8, 4) is 17.2 Å². The summed E-state index contributed by atoms with van der Waals surface area (Å²) in [4.78, 5) is 4.55. The second-order valence-corrected chi connectivity index (χ2v) is 4.78. The van der Waals surface area contributed by atoms with Crippen molar-refractivity contribution in [1.82, 2.24) is 4.98 Å². The molecule has 1 aromatic carbocycles. The molecule has 1 aliphatic rings. The highest BCUT2D eigenvalue weighted by molar-refractivity contribution is 5.55. The number of phenols is 1. The van der Waals surface area contributed by atoms with Crippen LogP contribution in [0.4, 0.5) is 0 Å². The topological polar surface area (TPSA) is 72.3 Å². The van der Waals surface area contributed by atoms with E-state index in [1.54, 1.807) is 12.1 Å². The molecule has 94 valence electrons. The Morgan fingerprint density at radius 3 is 2.83 bits per heavy atom. The van der Waals surface area contributed by atoms with E-state index in [-0.39, 0.29) is 5.75 Å². The van der Waals surface area contributed by atoms with Crippen molar-refractivity contribution in [2.24, 2.45) is 11.7 Å². The number of nitrogens with zero attached hydrogens (tertiary/aromatic N) is 1. The minimum absolute atomic E-state index is 0.248. The largest absolute Gasteiger partial charge is 0.508 e. The van der Waals surface area contributed by atoms with Crippen molar-refractivity contribution in [3.05, 3.63) is 35.7 Å². The number of hydrogen-bond acceptors (Lipinski definition) is 4. The summed E-state index contributed by atoms with van der Waals surface area (Å²) in [6.45, 7) is 0.709. The number of hydrogen-bond donors (Lipinski definition) is 2. The van der Waals surface area contributed by atoms with Crippen LogP contribution in [0.25, 0.3) is 11.5 Å². The molecule has 0 aliphatic heterocycles. The second-order valence-electron chi connectivity index (χ2n) is 4.78. The van der Waals surface area contributed by atoms with Gasteiger partial charge in [0.05, 0.1) is 5.69 Å². The smallest absolute Gasteiger partial charge is 0.226 e. The minimum Gasteiger partial charge on any atom is -0.508 e. The Kier molecular flexibility index (Phi) is 2.80. The highest BCUT2D eigenvalue weighted by Gasteiger charge is 2.23. The predicted octanol–water partition coefficient (Wildman–Crippen LogP) is 2.11. The lowest BCUT2D eigenvalue weighted by Gasteiger charge is -2.17. The lowest BCUT2D eigenvalue weighted by atomic mass is 9.90. The average molecular weight is 244 g/mol. The summed E-state index contributed by atoms with van der Waals surface area (Å²) in [5.74, 6) is 2.40. The van der Waals surface area contributed by atoms with Crippen LogP contribution in [-0.2, 0) is 12.8 Å². The molecule has 1 aromatic heterocycles. The molecule has 0 bridgehead atoms. The fraction of sp³-hybridized carbons (Fsp3) is 0.357. The number of oxazole rings is 1.